The second kappa shape index (κ2) is 9.40. The molecule has 1 fully saturated rings. The molecule has 0 radical (unpaired) electrons. The van der Waals surface area contributed by atoms with Crippen LogP contribution in [0.15, 0.2) is 48.5 Å². The molecule has 0 saturated heterocycles. The Hall–Kier alpha value is -2.82. The lowest BCUT2D eigenvalue weighted by molar-refractivity contribution is -0.120. The third-order valence-electron chi connectivity index (χ3n) is 5.27. The molecule has 0 spiro atoms. The summed E-state index contributed by atoms with van der Waals surface area (Å²) in [6.07, 6.45) is 5.38. The summed E-state index contributed by atoms with van der Waals surface area (Å²) in [6.45, 7) is 0.463. The van der Waals surface area contributed by atoms with Crippen molar-refractivity contribution in [2.45, 2.75) is 38.6 Å². The van der Waals surface area contributed by atoms with E-state index in [1.807, 2.05) is 49.3 Å². The molecule has 1 saturated carbocycles. The van der Waals surface area contributed by atoms with Gasteiger partial charge in [0.1, 0.15) is 0 Å². The zero-order valence-electron chi connectivity index (χ0n) is 16.7. The Morgan fingerprint density at radius 1 is 1.00 bits per heavy atom. The number of rotatable bonds is 6. The first-order valence-corrected chi connectivity index (χ1v) is 9.98. The average Bonchev–Trinajstić information content (AvgIpc) is 2.73. The number of nitrogens with one attached hydrogen (secondary N) is 2. The lowest BCUT2D eigenvalue weighted by Crippen LogP contribution is -2.25. The Kier molecular flexibility index (Phi) is 6.69. The minimum atomic E-state index is -0.148. The summed E-state index contributed by atoms with van der Waals surface area (Å²) in [7, 11) is 3.99. The maximum absolute atomic E-state index is 12.5. The molecule has 2 N–H and O–H groups in total. The predicted octanol–water partition coefficient (Wildman–Crippen LogP) is 4.20. The average molecular weight is 380 g/mol. The number of anilines is 2. The smallest absolute Gasteiger partial charge is 0.251 e. The van der Waals surface area contributed by atoms with Crippen LogP contribution in [0.1, 0.15) is 48.0 Å². The third kappa shape index (κ3) is 5.35. The zero-order valence-corrected chi connectivity index (χ0v) is 16.7. The van der Waals surface area contributed by atoms with Crippen molar-refractivity contribution in [3.63, 3.8) is 0 Å². The van der Waals surface area contributed by atoms with Crippen molar-refractivity contribution >= 4 is 23.2 Å². The fraction of sp³-hybridized carbons (Fsp3) is 0.391. The number of hydrogen-bond donors (Lipinski definition) is 2. The first-order valence-electron chi connectivity index (χ1n) is 9.98. The maximum Gasteiger partial charge on any atom is 0.251 e. The molecule has 1 aliphatic carbocycles. The van der Waals surface area contributed by atoms with E-state index in [-0.39, 0.29) is 17.7 Å². The molecule has 0 heterocycles. The molecule has 0 atom stereocenters. The van der Waals surface area contributed by atoms with Gasteiger partial charge < -0.3 is 15.5 Å². The van der Waals surface area contributed by atoms with Crippen LogP contribution in [-0.2, 0) is 11.3 Å². The number of carbonyl (C=O) groups excluding carboxylic acids is 2. The summed E-state index contributed by atoms with van der Waals surface area (Å²) in [5.74, 6) is 0.0139. The van der Waals surface area contributed by atoms with Crippen LogP contribution in [0.2, 0.25) is 0 Å². The highest BCUT2D eigenvalue weighted by molar-refractivity contribution is 5.97. The number of nitrogens with zero attached hydrogens (tertiary/aromatic N) is 1. The standard InChI is InChI=1S/C23H29N3O2/c1-26(2)21-13-11-17(12-14-21)16-24-22(27)19-9-6-10-20(15-19)25-23(28)18-7-4-3-5-8-18/h6,9-15,18H,3-5,7-8,16H2,1-2H3,(H,24,27)(H,25,28). The van der Waals surface area contributed by atoms with Gasteiger partial charge in [-0.2, -0.15) is 0 Å². The molecule has 28 heavy (non-hydrogen) atoms. The Balaban J connectivity index is 1.56. The molecule has 0 unspecified atom stereocenters. The van der Waals surface area contributed by atoms with Crippen LogP contribution >= 0.6 is 0 Å². The van der Waals surface area contributed by atoms with Gasteiger partial charge in [-0.1, -0.05) is 37.5 Å². The van der Waals surface area contributed by atoms with E-state index < -0.39 is 0 Å². The number of hydrogen-bond acceptors (Lipinski definition) is 3. The number of amides is 2. The van der Waals surface area contributed by atoms with Gasteiger partial charge in [-0.05, 0) is 48.7 Å². The summed E-state index contributed by atoms with van der Waals surface area (Å²) >= 11 is 0. The van der Waals surface area contributed by atoms with Crippen LogP contribution in [0.3, 0.4) is 0 Å². The van der Waals surface area contributed by atoms with Crippen molar-refractivity contribution in [2.75, 3.05) is 24.3 Å². The molecule has 2 aromatic rings. The fourth-order valence-corrected chi connectivity index (χ4v) is 3.54. The van der Waals surface area contributed by atoms with Gasteiger partial charge in [0.2, 0.25) is 5.91 Å². The Morgan fingerprint density at radius 3 is 2.39 bits per heavy atom. The summed E-state index contributed by atoms with van der Waals surface area (Å²) in [6, 6.07) is 15.2. The Bertz CT molecular complexity index is 809. The molecule has 0 aromatic heterocycles. The van der Waals surface area contributed by atoms with E-state index in [1.54, 1.807) is 18.2 Å². The molecular weight excluding hydrogens is 350 g/mol. The minimum Gasteiger partial charge on any atom is -0.378 e. The van der Waals surface area contributed by atoms with Crippen molar-refractivity contribution in [2.24, 2.45) is 5.92 Å². The van der Waals surface area contributed by atoms with Crippen molar-refractivity contribution in [1.82, 2.24) is 5.32 Å². The van der Waals surface area contributed by atoms with Gasteiger partial charge in [0, 0.05) is 43.5 Å². The van der Waals surface area contributed by atoms with Gasteiger partial charge >= 0.3 is 0 Å². The Labute approximate surface area is 167 Å². The van der Waals surface area contributed by atoms with Crippen LogP contribution in [-0.4, -0.2) is 25.9 Å². The molecule has 5 nitrogen and oxygen atoms in total. The lowest BCUT2D eigenvalue weighted by Gasteiger charge is -2.20. The van der Waals surface area contributed by atoms with Crippen LogP contribution in [0.5, 0.6) is 0 Å². The molecule has 3 rings (SSSR count). The van der Waals surface area contributed by atoms with Crippen LogP contribution < -0.4 is 15.5 Å². The van der Waals surface area contributed by atoms with E-state index in [4.69, 9.17) is 0 Å². The topological polar surface area (TPSA) is 61.4 Å². The minimum absolute atomic E-state index is 0.0678. The van der Waals surface area contributed by atoms with E-state index in [0.717, 1.165) is 36.9 Å². The fourth-order valence-electron chi connectivity index (χ4n) is 3.54. The SMILES string of the molecule is CN(C)c1ccc(CNC(=O)c2cccc(NC(=O)C3CCCCC3)c2)cc1. The summed E-state index contributed by atoms with van der Waals surface area (Å²) in [4.78, 5) is 27.0. The highest BCUT2D eigenvalue weighted by Crippen LogP contribution is 2.25. The van der Waals surface area contributed by atoms with Gasteiger partial charge in [0.05, 0.1) is 0 Å². The Morgan fingerprint density at radius 2 is 1.71 bits per heavy atom. The van der Waals surface area contributed by atoms with Crippen LogP contribution in [0, 0.1) is 5.92 Å². The largest absolute Gasteiger partial charge is 0.378 e. The van der Waals surface area contributed by atoms with Crippen molar-refractivity contribution in [1.29, 1.82) is 0 Å². The molecular formula is C23H29N3O2. The summed E-state index contributed by atoms with van der Waals surface area (Å²) in [5.41, 5.74) is 3.39. The second-order valence-electron chi connectivity index (χ2n) is 7.65. The monoisotopic (exact) mass is 379 g/mol. The normalized spacial score (nSPS) is 14.4. The molecule has 5 heteroatoms. The van der Waals surface area contributed by atoms with Gasteiger partial charge in [-0.15, -0.1) is 0 Å². The molecule has 2 amide bonds. The number of carbonyl (C=O) groups is 2. The zero-order chi connectivity index (χ0) is 19.9. The highest BCUT2D eigenvalue weighted by atomic mass is 16.2. The van der Waals surface area contributed by atoms with Gasteiger partial charge in [-0.3, -0.25) is 9.59 Å². The molecule has 2 aromatic carbocycles. The lowest BCUT2D eigenvalue weighted by atomic mass is 9.88. The second-order valence-corrected chi connectivity index (χ2v) is 7.65. The van der Waals surface area contributed by atoms with E-state index in [0.29, 0.717) is 17.8 Å². The predicted molar refractivity (Wildman–Crippen MR) is 114 cm³/mol. The van der Waals surface area contributed by atoms with E-state index in [9.17, 15) is 9.59 Å². The summed E-state index contributed by atoms with van der Waals surface area (Å²) < 4.78 is 0. The van der Waals surface area contributed by atoms with Gasteiger partial charge in [0.15, 0.2) is 0 Å². The molecule has 0 aliphatic heterocycles. The first kappa shape index (κ1) is 19.9. The maximum atomic E-state index is 12.5. The van der Waals surface area contributed by atoms with Crippen molar-refractivity contribution < 1.29 is 9.59 Å². The number of benzene rings is 2. The van der Waals surface area contributed by atoms with Gasteiger partial charge in [0.25, 0.3) is 5.91 Å². The molecule has 0 bridgehead atoms. The first-order chi connectivity index (χ1) is 13.5. The third-order valence-corrected chi connectivity index (χ3v) is 5.27. The van der Waals surface area contributed by atoms with Crippen LogP contribution in [0.25, 0.3) is 0 Å². The van der Waals surface area contributed by atoms with E-state index >= 15 is 0 Å². The highest BCUT2D eigenvalue weighted by Gasteiger charge is 2.21. The molecule has 148 valence electrons. The summed E-state index contributed by atoms with van der Waals surface area (Å²) in [5, 5.41) is 5.92. The van der Waals surface area contributed by atoms with Crippen molar-refractivity contribution in [3.8, 4) is 0 Å². The quantitative estimate of drug-likeness (QED) is 0.791. The van der Waals surface area contributed by atoms with E-state index in [2.05, 4.69) is 10.6 Å². The van der Waals surface area contributed by atoms with Crippen molar-refractivity contribution in [3.05, 3.63) is 59.7 Å². The molecule has 1 aliphatic rings. The van der Waals surface area contributed by atoms with E-state index in [1.165, 1.54) is 6.42 Å². The van der Waals surface area contributed by atoms with Gasteiger partial charge in [-0.25, -0.2) is 0 Å². The van der Waals surface area contributed by atoms with Crippen LogP contribution in [0.4, 0.5) is 11.4 Å².